The lowest BCUT2D eigenvalue weighted by Crippen LogP contribution is -2.34. The van der Waals surface area contributed by atoms with Crippen LogP contribution in [0.15, 0.2) is 22.7 Å². The third kappa shape index (κ3) is 2.81. The first-order valence-corrected chi connectivity index (χ1v) is 6.53. The van der Waals surface area contributed by atoms with Crippen LogP contribution in [0.1, 0.15) is 23.7 Å². The van der Waals surface area contributed by atoms with Gasteiger partial charge in [0.15, 0.2) is 0 Å². The van der Waals surface area contributed by atoms with E-state index in [9.17, 15) is 9.90 Å². The van der Waals surface area contributed by atoms with Gasteiger partial charge in [-0.05, 0) is 31.5 Å². The third-order valence-corrected chi connectivity index (χ3v) is 3.72. The highest BCUT2D eigenvalue weighted by Crippen LogP contribution is 2.26. The van der Waals surface area contributed by atoms with Gasteiger partial charge in [-0.2, -0.15) is 0 Å². The first-order chi connectivity index (χ1) is 7.89. The van der Waals surface area contributed by atoms with E-state index >= 15 is 0 Å². The van der Waals surface area contributed by atoms with E-state index in [1.165, 1.54) is 0 Å². The zero-order valence-electron chi connectivity index (χ0n) is 9.41. The summed E-state index contributed by atoms with van der Waals surface area (Å²) in [6.07, 6.45) is 0.602. The van der Waals surface area contributed by atoms with Crippen LogP contribution in [0.4, 0.5) is 0 Å². The summed E-state index contributed by atoms with van der Waals surface area (Å²) in [4.78, 5) is 13.8. The van der Waals surface area contributed by atoms with Gasteiger partial charge in [0.1, 0.15) is 0 Å². The van der Waals surface area contributed by atoms with Crippen LogP contribution in [0.2, 0.25) is 5.02 Å². The molecule has 0 spiro atoms. The molecule has 1 heterocycles. The summed E-state index contributed by atoms with van der Waals surface area (Å²) in [5.41, 5.74) is -0.313. The number of carbonyl (C=O) groups excluding carboxylic acids is 1. The molecule has 1 aromatic rings. The Morgan fingerprint density at radius 1 is 1.59 bits per heavy atom. The van der Waals surface area contributed by atoms with Crippen molar-refractivity contribution in [2.45, 2.75) is 18.9 Å². The average molecular weight is 319 g/mol. The van der Waals surface area contributed by atoms with Crippen molar-refractivity contribution in [3.05, 3.63) is 33.3 Å². The number of hydrogen-bond acceptors (Lipinski definition) is 2. The highest BCUT2D eigenvalue weighted by Gasteiger charge is 2.34. The average Bonchev–Trinajstić information content (AvgIpc) is 2.61. The van der Waals surface area contributed by atoms with Crippen LogP contribution >= 0.6 is 27.5 Å². The SMILES string of the molecule is CC1(O)CCN(C(=O)c2cc(Br)ccc2Cl)C1. The second-order valence-electron chi connectivity index (χ2n) is 4.60. The summed E-state index contributed by atoms with van der Waals surface area (Å²) in [6, 6.07) is 5.18. The van der Waals surface area contributed by atoms with Crippen LogP contribution in [-0.2, 0) is 0 Å². The van der Waals surface area contributed by atoms with E-state index in [1.807, 2.05) is 0 Å². The number of nitrogens with zero attached hydrogens (tertiary/aromatic N) is 1. The van der Waals surface area contributed by atoms with Crippen molar-refractivity contribution >= 4 is 33.4 Å². The van der Waals surface area contributed by atoms with E-state index in [-0.39, 0.29) is 5.91 Å². The molecule has 17 heavy (non-hydrogen) atoms. The third-order valence-electron chi connectivity index (χ3n) is 2.90. The summed E-state index contributed by atoms with van der Waals surface area (Å²) >= 11 is 9.33. The van der Waals surface area contributed by atoms with Gasteiger partial charge in [0, 0.05) is 17.6 Å². The summed E-state index contributed by atoms with van der Waals surface area (Å²) in [6.45, 7) is 2.66. The lowest BCUT2D eigenvalue weighted by molar-refractivity contribution is 0.0572. The van der Waals surface area contributed by atoms with Crippen LogP contribution in [0.5, 0.6) is 0 Å². The summed E-state index contributed by atoms with van der Waals surface area (Å²) < 4.78 is 0.816. The van der Waals surface area contributed by atoms with Crippen molar-refractivity contribution in [1.29, 1.82) is 0 Å². The van der Waals surface area contributed by atoms with E-state index in [0.717, 1.165) is 4.47 Å². The fourth-order valence-corrected chi connectivity index (χ4v) is 2.51. The molecule has 0 bridgehead atoms. The van der Waals surface area contributed by atoms with E-state index < -0.39 is 5.60 Å². The number of carbonyl (C=O) groups is 1. The molecule has 0 aliphatic carbocycles. The van der Waals surface area contributed by atoms with Crippen molar-refractivity contribution < 1.29 is 9.90 Å². The van der Waals surface area contributed by atoms with Gasteiger partial charge in [0.05, 0.1) is 16.2 Å². The summed E-state index contributed by atoms with van der Waals surface area (Å²) in [5.74, 6) is -0.130. The Labute approximate surface area is 114 Å². The molecule has 1 fully saturated rings. The number of rotatable bonds is 1. The largest absolute Gasteiger partial charge is 0.388 e. The Morgan fingerprint density at radius 3 is 2.88 bits per heavy atom. The molecule has 0 aromatic heterocycles. The molecular weight excluding hydrogens is 305 g/mol. The number of hydrogen-bond donors (Lipinski definition) is 1. The van der Waals surface area contributed by atoms with Gasteiger partial charge in [0.25, 0.3) is 5.91 Å². The Hall–Kier alpha value is -0.580. The smallest absolute Gasteiger partial charge is 0.255 e. The number of benzene rings is 1. The molecule has 1 saturated heterocycles. The van der Waals surface area contributed by atoms with Crippen LogP contribution in [0.3, 0.4) is 0 Å². The van der Waals surface area contributed by atoms with Gasteiger partial charge in [-0.25, -0.2) is 0 Å². The van der Waals surface area contributed by atoms with E-state index in [1.54, 1.807) is 30.0 Å². The molecule has 1 atom stereocenters. The maximum absolute atomic E-state index is 12.2. The normalized spacial score (nSPS) is 24.1. The molecule has 1 aliphatic rings. The number of β-amino-alcohol motifs (C(OH)–C–C–N with tert-alkyl or cyclic N) is 1. The molecule has 1 aromatic carbocycles. The number of aliphatic hydroxyl groups is 1. The number of likely N-dealkylation sites (tertiary alicyclic amines) is 1. The molecule has 1 amide bonds. The molecule has 92 valence electrons. The number of halogens is 2. The maximum atomic E-state index is 12.2. The predicted octanol–water partition coefficient (Wildman–Crippen LogP) is 2.70. The number of amides is 1. The van der Waals surface area contributed by atoms with Gasteiger partial charge in [-0.3, -0.25) is 4.79 Å². The Kier molecular flexibility index (Phi) is 3.48. The van der Waals surface area contributed by atoms with Gasteiger partial charge in [-0.1, -0.05) is 27.5 Å². The monoisotopic (exact) mass is 317 g/mol. The minimum Gasteiger partial charge on any atom is -0.388 e. The second-order valence-corrected chi connectivity index (χ2v) is 5.92. The maximum Gasteiger partial charge on any atom is 0.255 e. The molecule has 5 heteroatoms. The molecule has 2 rings (SSSR count). The predicted molar refractivity (Wildman–Crippen MR) is 70.3 cm³/mol. The van der Waals surface area contributed by atoms with E-state index in [2.05, 4.69) is 15.9 Å². The quantitative estimate of drug-likeness (QED) is 0.865. The van der Waals surface area contributed by atoms with Crippen molar-refractivity contribution in [2.75, 3.05) is 13.1 Å². The molecule has 1 N–H and O–H groups in total. The second kappa shape index (κ2) is 4.59. The fourth-order valence-electron chi connectivity index (χ4n) is 1.95. The fraction of sp³-hybridized carbons (Fsp3) is 0.417. The zero-order valence-corrected chi connectivity index (χ0v) is 11.8. The van der Waals surface area contributed by atoms with E-state index in [0.29, 0.717) is 30.1 Å². The highest BCUT2D eigenvalue weighted by atomic mass is 79.9. The molecule has 1 unspecified atom stereocenters. The zero-order chi connectivity index (χ0) is 12.6. The topological polar surface area (TPSA) is 40.5 Å². The first kappa shape index (κ1) is 12.9. The minimum absolute atomic E-state index is 0.130. The standard InChI is InChI=1S/C12H13BrClNO2/c1-12(17)4-5-15(7-12)11(16)9-6-8(13)2-3-10(9)14/h2-3,6,17H,4-5,7H2,1H3. The van der Waals surface area contributed by atoms with Crippen LogP contribution < -0.4 is 0 Å². The van der Waals surface area contributed by atoms with Crippen molar-refractivity contribution in [1.82, 2.24) is 4.90 Å². The van der Waals surface area contributed by atoms with Crippen LogP contribution in [-0.4, -0.2) is 34.6 Å². The van der Waals surface area contributed by atoms with Crippen LogP contribution in [0.25, 0.3) is 0 Å². The molecule has 1 aliphatic heterocycles. The molecule has 3 nitrogen and oxygen atoms in total. The Balaban J connectivity index is 2.23. The van der Waals surface area contributed by atoms with Gasteiger partial charge >= 0.3 is 0 Å². The van der Waals surface area contributed by atoms with Crippen molar-refractivity contribution in [3.8, 4) is 0 Å². The van der Waals surface area contributed by atoms with Crippen molar-refractivity contribution in [2.24, 2.45) is 0 Å². The van der Waals surface area contributed by atoms with Gasteiger partial charge in [0.2, 0.25) is 0 Å². The summed E-state index contributed by atoms with van der Waals surface area (Å²) in [7, 11) is 0. The summed E-state index contributed by atoms with van der Waals surface area (Å²) in [5, 5.41) is 10.3. The molecular formula is C12H13BrClNO2. The molecule has 0 radical (unpaired) electrons. The van der Waals surface area contributed by atoms with E-state index in [4.69, 9.17) is 11.6 Å². The Morgan fingerprint density at radius 2 is 2.29 bits per heavy atom. The first-order valence-electron chi connectivity index (χ1n) is 5.36. The van der Waals surface area contributed by atoms with Gasteiger partial charge in [-0.15, -0.1) is 0 Å². The Bertz CT molecular complexity index is 462. The van der Waals surface area contributed by atoms with Crippen LogP contribution in [0, 0.1) is 0 Å². The lowest BCUT2D eigenvalue weighted by atomic mass is 10.1. The molecule has 0 saturated carbocycles. The van der Waals surface area contributed by atoms with Gasteiger partial charge < -0.3 is 10.0 Å². The lowest BCUT2D eigenvalue weighted by Gasteiger charge is -2.19. The highest BCUT2D eigenvalue weighted by molar-refractivity contribution is 9.10. The van der Waals surface area contributed by atoms with Crippen molar-refractivity contribution in [3.63, 3.8) is 0 Å². The minimum atomic E-state index is -0.784.